The second-order valence-corrected chi connectivity index (χ2v) is 14.0. The van der Waals surface area contributed by atoms with E-state index < -0.39 is 63.6 Å². The average Bonchev–Trinajstić information content (AvgIpc) is 3.33. The van der Waals surface area contributed by atoms with Crippen LogP contribution >= 0.6 is 23.2 Å². The van der Waals surface area contributed by atoms with Crippen molar-refractivity contribution < 1.29 is 28.7 Å². The Labute approximate surface area is 267 Å². The van der Waals surface area contributed by atoms with E-state index >= 15 is 0 Å². The van der Waals surface area contributed by atoms with Gasteiger partial charge in [0.25, 0.3) is 5.91 Å². The zero-order valence-electron chi connectivity index (χ0n) is 25.2. The Morgan fingerprint density at radius 2 is 1.70 bits per heavy atom. The molecule has 1 saturated carbocycles. The van der Waals surface area contributed by atoms with Gasteiger partial charge in [0.05, 0.1) is 6.04 Å². The fraction of sp³-hybridized carbons (Fsp3) is 0.531. The summed E-state index contributed by atoms with van der Waals surface area (Å²) < 4.78 is 4.25. The van der Waals surface area contributed by atoms with E-state index in [1.807, 2.05) is 24.3 Å². The number of allylic oxidation sites excluding steroid dienone is 1. The third-order valence-corrected chi connectivity index (χ3v) is 9.36. The lowest BCUT2D eigenvalue weighted by Crippen LogP contribution is -2.60. The van der Waals surface area contributed by atoms with Crippen LogP contribution in [0.4, 0.5) is 4.79 Å². The van der Waals surface area contributed by atoms with Crippen LogP contribution < -0.4 is 16.0 Å². The van der Waals surface area contributed by atoms with Crippen LogP contribution in [0.1, 0.15) is 44.7 Å². The maximum atomic E-state index is 14.3. The smallest absolute Gasteiger partial charge is 0.408 e. The first-order chi connectivity index (χ1) is 20.7. The number of amides is 4. The molecule has 1 aromatic carbocycles. The van der Waals surface area contributed by atoms with Gasteiger partial charge in [0.15, 0.2) is 0 Å². The van der Waals surface area contributed by atoms with Crippen LogP contribution in [0.3, 0.4) is 0 Å². The number of likely N-dealkylation sites (tertiary alicyclic amines) is 1. The second-order valence-electron chi connectivity index (χ2n) is 12.6. The third kappa shape index (κ3) is 7.29. The highest BCUT2D eigenvalue weighted by Crippen LogP contribution is 2.65. The monoisotopic (exact) mass is 646 g/mol. The number of carbonyl (C=O) groups excluding carboxylic acids is 5. The van der Waals surface area contributed by atoms with Crippen molar-refractivity contribution in [1.29, 1.82) is 0 Å². The van der Waals surface area contributed by atoms with Crippen molar-refractivity contribution in [3.05, 3.63) is 60.7 Å². The summed E-state index contributed by atoms with van der Waals surface area (Å²) in [5.74, 6) is -4.09. The minimum atomic E-state index is -1.24. The van der Waals surface area contributed by atoms with Gasteiger partial charge in [0, 0.05) is 24.9 Å². The number of halogens is 2. The highest BCUT2D eigenvalue weighted by molar-refractivity contribution is 6.51. The molecule has 4 amide bonds. The van der Waals surface area contributed by atoms with Crippen LogP contribution in [-0.4, -0.2) is 75.6 Å². The number of benzene rings is 1. The Bertz CT molecular complexity index is 1320. The van der Waals surface area contributed by atoms with Crippen LogP contribution in [-0.2, 0) is 36.8 Å². The lowest BCUT2D eigenvalue weighted by Gasteiger charge is -2.35. The Morgan fingerprint density at radius 3 is 2.27 bits per heavy atom. The van der Waals surface area contributed by atoms with Crippen LogP contribution in [0.15, 0.2) is 49.6 Å². The average molecular weight is 648 g/mol. The lowest BCUT2D eigenvalue weighted by molar-refractivity contribution is -0.144. The second kappa shape index (κ2) is 13.3. The van der Waals surface area contributed by atoms with Crippen molar-refractivity contribution in [3.8, 4) is 0 Å². The topological polar surface area (TPSA) is 134 Å². The first kappa shape index (κ1) is 33.5. The molecule has 1 saturated heterocycles. The van der Waals surface area contributed by atoms with Crippen LogP contribution in [0, 0.1) is 17.8 Å². The van der Waals surface area contributed by atoms with Crippen molar-refractivity contribution in [2.24, 2.45) is 17.8 Å². The van der Waals surface area contributed by atoms with Crippen molar-refractivity contribution >= 4 is 52.8 Å². The van der Waals surface area contributed by atoms with Crippen molar-refractivity contribution in [1.82, 2.24) is 20.9 Å². The van der Waals surface area contributed by atoms with E-state index in [4.69, 9.17) is 27.9 Å². The van der Waals surface area contributed by atoms with Gasteiger partial charge in [0.1, 0.15) is 22.0 Å². The Hall–Kier alpha value is -3.37. The molecule has 0 bridgehead atoms. The van der Waals surface area contributed by atoms with Gasteiger partial charge >= 0.3 is 6.09 Å². The van der Waals surface area contributed by atoms with E-state index in [0.717, 1.165) is 11.1 Å². The molecule has 2 fully saturated rings. The summed E-state index contributed by atoms with van der Waals surface area (Å²) >= 11 is 13.1. The van der Waals surface area contributed by atoms with E-state index in [9.17, 15) is 24.0 Å². The molecule has 2 unspecified atom stereocenters. The first-order valence-corrected chi connectivity index (χ1v) is 15.5. The minimum absolute atomic E-state index is 0.0828. The molecule has 44 heavy (non-hydrogen) atoms. The van der Waals surface area contributed by atoms with E-state index in [2.05, 4.69) is 29.1 Å². The Kier molecular flexibility index (Phi) is 10.1. The van der Waals surface area contributed by atoms with Crippen molar-refractivity contribution in [3.63, 3.8) is 0 Å². The lowest BCUT2D eigenvalue weighted by atomic mass is 9.94. The van der Waals surface area contributed by atoms with Crippen LogP contribution in [0.2, 0.25) is 0 Å². The molecular weight excluding hydrogens is 607 g/mol. The molecule has 4 rings (SSSR count). The van der Waals surface area contributed by atoms with E-state index in [-0.39, 0.29) is 31.3 Å². The van der Waals surface area contributed by atoms with Gasteiger partial charge in [-0.25, -0.2) is 4.79 Å². The number of piperidine rings is 1. The predicted octanol–water partition coefficient (Wildman–Crippen LogP) is 3.25. The molecule has 3 N–H and O–H groups in total. The Balaban J connectivity index is 1.59. The summed E-state index contributed by atoms with van der Waals surface area (Å²) in [4.78, 5) is 68.0. The van der Waals surface area contributed by atoms with E-state index in [0.29, 0.717) is 19.3 Å². The molecule has 2 aliphatic carbocycles. The van der Waals surface area contributed by atoms with Gasteiger partial charge in [-0.1, -0.05) is 36.4 Å². The summed E-state index contributed by atoms with van der Waals surface area (Å²) in [6.07, 6.45) is 3.83. The predicted molar refractivity (Wildman–Crippen MR) is 167 cm³/mol. The highest BCUT2D eigenvalue weighted by atomic mass is 35.5. The molecule has 0 spiro atoms. The minimum Gasteiger partial charge on any atom is -0.444 e. The number of hydrogen-bond acceptors (Lipinski definition) is 6. The molecule has 1 heterocycles. The number of fused-ring (bicyclic) bond motifs is 2. The van der Waals surface area contributed by atoms with Crippen molar-refractivity contribution in [2.75, 3.05) is 13.1 Å². The summed E-state index contributed by atoms with van der Waals surface area (Å²) in [6, 6.07) is 4.54. The van der Waals surface area contributed by atoms with Crippen LogP contribution in [0.25, 0.3) is 0 Å². The number of hydrogen-bond donors (Lipinski definition) is 3. The van der Waals surface area contributed by atoms with Gasteiger partial charge in [0.2, 0.25) is 17.6 Å². The van der Waals surface area contributed by atoms with Gasteiger partial charge in [-0.05, 0) is 63.5 Å². The number of alkyl halides is 2. The summed E-state index contributed by atoms with van der Waals surface area (Å²) in [5, 5.41) is 7.90. The fourth-order valence-corrected chi connectivity index (χ4v) is 7.00. The summed E-state index contributed by atoms with van der Waals surface area (Å²) in [5.41, 5.74) is 1.37. The molecule has 12 heteroatoms. The number of ether oxygens (including phenoxy) is 1. The van der Waals surface area contributed by atoms with Gasteiger partial charge in [-0.2, -0.15) is 0 Å². The molecule has 10 nitrogen and oxygen atoms in total. The normalized spacial score (nSPS) is 22.9. The third-order valence-electron chi connectivity index (χ3n) is 8.30. The zero-order chi connectivity index (χ0) is 32.4. The van der Waals surface area contributed by atoms with E-state index in [1.54, 1.807) is 26.8 Å². The fourth-order valence-electron chi connectivity index (χ4n) is 6.18. The maximum Gasteiger partial charge on any atom is 0.408 e. The van der Waals surface area contributed by atoms with Crippen LogP contribution in [0.5, 0.6) is 0 Å². The number of carbonyl (C=O) groups is 5. The molecule has 1 aromatic rings. The van der Waals surface area contributed by atoms with Crippen molar-refractivity contribution in [2.45, 2.75) is 74.5 Å². The molecule has 238 valence electrons. The Morgan fingerprint density at radius 1 is 1.07 bits per heavy atom. The van der Waals surface area contributed by atoms with Gasteiger partial charge in [-0.3, -0.25) is 19.2 Å². The summed E-state index contributed by atoms with van der Waals surface area (Å²) in [7, 11) is 0. The first-order valence-electron chi connectivity index (χ1n) is 14.8. The maximum absolute atomic E-state index is 14.3. The van der Waals surface area contributed by atoms with Gasteiger partial charge in [-0.15, -0.1) is 36.4 Å². The molecule has 5 atom stereocenters. The SMILES string of the molecule is C=CCCC(NC(=O)[C@@H]1[C@@H]2C(CN1C(=O)[C@@H](NC(=O)OC(C)(C)C)C1Cc3ccccc3C1)C2(Cl)Cl)C(=O)C(=O)NCC=C. The molecule has 3 aliphatic rings. The zero-order valence-corrected chi connectivity index (χ0v) is 26.7. The molecular formula is C32H40Cl2N4O6. The number of alkyl carbamates (subject to hydrolysis) is 1. The van der Waals surface area contributed by atoms with Gasteiger partial charge < -0.3 is 25.6 Å². The number of nitrogens with one attached hydrogen (secondary N) is 3. The quantitative estimate of drug-likeness (QED) is 0.181. The number of ketones is 1. The number of Topliss-reactive ketones (excluding diaryl/α,β-unsaturated/α-hetero) is 1. The number of nitrogens with zero attached hydrogens (tertiary/aromatic N) is 1. The highest BCUT2D eigenvalue weighted by Gasteiger charge is 2.74. The number of rotatable bonds is 12. The van der Waals surface area contributed by atoms with E-state index in [1.165, 1.54) is 11.0 Å². The summed E-state index contributed by atoms with van der Waals surface area (Å²) in [6.45, 7) is 12.5. The molecule has 0 aromatic heterocycles. The standard InChI is InChI=1S/C32H40Cl2N4O6/c1-6-8-13-22(26(39)28(41)35-14-7-2)36-27(40)25-23-21(32(23,33)34)17-38(25)29(42)24(37-30(43)44-31(3,4)5)20-15-18-11-9-10-12-19(18)16-20/h6-7,9-12,20-25H,1-2,8,13-17H2,3-5H3,(H,35,41)(H,36,40)(H,37,43)/t21?,22?,23-,24-,25-/m0/s1. The molecule has 0 radical (unpaired) electrons. The largest absolute Gasteiger partial charge is 0.444 e. The molecule has 1 aliphatic heterocycles.